The first-order valence-electron chi connectivity index (χ1n) is 9.99. The maximum Gasteiger partial charge on any atom is 0.119 e. The Hall–Kier alpha value is -1.62. The lowest BCUT2D eigenvalue weighted by atomic mass is 9.91. The standard InChI is InChI=1S/C10H10N2O.C7H14.C3H8OS.C2H6/c1-13-10-4-2-9(3-5-10)12-7-6-11-8-12;1-7-5-3-2-4-6-7;1-3-5(2)4;1-2/h2-8H,1H3;7H,2-6H2,1H3;3H2,1-2H3;1-2H3. The molecule has 5 heteroatoms. The molecule has 0 N–H and O–H groups in total. The summed E-state index contributed by atoms with van der Waals surface area (Å²) in [6.07, 6.45) is 14.6. The Morgan fingerprint density at radius 2 is 1.70 bits per heavy atom. The Labute approximate surface area is 168 Å². The highest BCUT2D eigenvalue weighted by molar-refractivity contribution is 7.84. The van der Waals surface area contributed by atoms with Gasteiger partial charge in [0.2, 0.25) is 0 Å². The van der Waals surface area contributed by atoms with E-state index in [-0.39, 0.29) is 0 Å². The Morgan fingerprint density at radius 1 is 1.15 bits per heavy atom. The third-order valence-corrected chi connectivity index (χ3v) is 4.99. The van der Waals surface area contributed by atoms with Crippen molar-refractivity contribution >= 4 is 10.8 Å². The summed E-state index contributed by atoms with van der Waals surface area (Å²) in [6.45, 7) is 8.26. The molecule has 154 valence electrons. The third-order valence-electron chi connectivity index (χ3n) is 4.18. The number of hydrogen-bond acceptors (Lipinski definition) is 3. The molecule has 1 aliphatic rings. The highest BCUT2D eigenvalue weighted by Crippen LogP contribution is 2.22. The minimum absolute atomic E-state index is 0.573. The first kappa shape index (κ1) is 25.4. The van der Waals surface area contributed by atoms with Crippen molar-refractivity contribution in [3.8, 4) is 11.4 Å². The van der Waals surface area contributed by atoms with E-state index in [2.05, 4.69) is 11.9 Å². The van der Waals surface area contributed by atoms with Gasteiger partial charge in [0.1, 0.15) is 5.75 Å². The van der Waals surface area contributed by atoms with Gasteiger partial charge in [-0.3, -0.25) is 4.21 Å². The van der Waals surface area contributed by atoms with Gasteiger partial charge in [-0.15, -0.1) is 0 Å². The van der Waals surface area contributed by atoms with Crippen molar-refractivity contribution in [2.75, 3.05) is 19.1 Å². The van der Waals surface area contributed by atoms with Gasteiger partial charge in [-0.2, -0.15) is 0 Å². The molecule has 1 aromatic carbocycles. The second kappa shape index (κ2) is 16.5. The van der Waals surface area contributed by atoms with E-state index in [1.54, 1.807) is 25.9 Å². The van der Waals surface area contributed by atoms with Crippen LogP contribution in [0.5, 0.6) is 5.75 Å². The van der Waals surface area contributed by atoms with Crippen LogP contribution in [-0.4, -0.2) is 32.9 Å². The van der Waals surface area contributed by atoms with Crippen LogP contribution in [-0.2, 0) is 10.8 Å². The van der Waals surface area contributed by atoms with E-state index >= 15 is 0 Å². The summed E-state index contributed by atoms with van der Waals surface area (Å²) in [5, 5.41) is 0. The van der Waals surface area contributed by atoms with Gasteiger partial charge in [-0.05, 0) is 30.2 Å². The summed E-state index contributed by atoms with van der Waals surface area (Å²) in [5.41, 5.74) is 1.08. The van der Waals surface area contributed by atoms with Gasteiger partial charge in [0.15, 0.2) is 0 Å². The van der Waals surface area contributed by atoms with Crippen LogP contribution in [0.4, 0.5) is 0 Å². The predicted octanol–water partition coefficient (Wildman–Crippen LogP) is 5.88. The molecule has 0 radical (unpaired) electrons. The van der Waals surface area contributed by atoms with Crippen molar-refractivity contribution in [3.63, 3.8) is 0 Å². The van der Waals surface area contributed by atoms with Crippen LogP contribution in [0.25, 0.3) is 5.69 Å². The molecule has 1 atom stereocenters. The molecule has 1 fully saturated rings. The smallest absolute Gasteiger partial charge is 0.119 e. The van der Waals surface area contributed by atoms with E-state index in [9.17, 15) is 4.21 Å². The zero-order chi connectivity index (χ0) is 20.5. The fraction of sp³-hybridized carbons (Fsp3) is 0.591. The van der Waals surface area contributed by atoms with Crippen LogP contribution in [0.2, 0.25) is 0 Å². The summed E-state index contributed by atoms with van der Waals surface area (Å²) in [6, 6.07) is 7.83. The Kier molecular flexibility index (Phi) is 15.6. The molecular formula is C22H38N2O2S. The summed E-state index contributed by atoms with van der Waals surface area (Å²) >= 11 is 0. The van der Waals surface area contributed by atoms with E-state index in [0.29, 0.717) is 0 Å². The van der Waals surface area contributed by atoms with Gasteiger partial charge < -0.3 is 9.30 Å². The monoisotopic (exact) mass is 394 g/mol. The molecular weight excluding hydrogens is 356 g/mol. The van der Waals surface area contributed by atoms with Gasteiger partial charge in [0, 0.05) is 40.9 Å². The Balaban J connectivity index is 0.000000409. The highest BCUT2D eigenvalue weighted by Gasteiger charge is 2.05. The fourth-order valence-electron chi connectivity index (χ4n) is 2.47. The van der Waals surface area contributed by atoms with Crippen LogP contribution >= 0.6 is 0 Å². The van der Waals surface area contributed by atoms with Gasteiger partial charge in [-0.25, -0.2) is 4.98 Å². The molecule has 1 saturated carbocycles. The zero-order valence-corrected chi connectivity index (χ0v) is 18.8. The Bertz CT molecular complexity index is 577. The highest BCUT2D eigenvalue weighted by atomic mass is 32.2. The largest absolute Gasteiger partial charge is 0.497 e. The molecule has 1 aliphatic carbocycles. The minimum atomic E-state index is -0.573. The molecule has 1 unspecified atom stereocenters. The topological polar surface area (TPSA) is 44.1 Å². The number of nitrogens with zero attached hydrogens (tertiary/aromatic N) is 2. The lowest BCUT2D eigenvalue weighted by Crippen LogP contribution is -1.99. The average molecular weight is 395 g/mol. The van der Waals surface area contributed by atoms with Crippen molar-refractivity contribution in [3.05, 3.63) is 43.0 Å². The average Bonchev–Trinajstić information content (AvgIpc) is 3.26. The van der Waals surface area contributed by atoms with Crippen molar-refractivity contribution in [1.82, 2.24) is 9.55 Å². The molecule has 0 spiro atoms. The summed E-state index contributed by atoms with van der Waals surface area (Å²) in [4.78, 5) is 3.97. The number of methoxy groups -OCH3 is 1. The van der Waals surface area contributed by atoms with Crippen LogP contribution in [0.1, 0.15) is 59.8 Å². The maximum absolute atomic E-state index is 9.92. The van der Waals surface area contributed by atoms with Crippen LogP contribution in [0, 0.1) is 5.92 Å². The van der Waals surface area contributed by atoms with Gasteiger partial charge in [0.25, 0.3) is 0 Å². The SMILES string of the molecule is CC.CC1CCCCC1.CCS(C)=O.COc1ccc(-n2ccnc2)cc1. The number of benzene rings is 1. The van der Waals surface area contributed by atoms with Gasteiger partial charge in [0.05, 0.1) is 13.4 Å². The second-order valence-electron chi connectivity index (χ2n) is 6.27. The van der Waals surface area contributed by atoms with E-state index < -0.39 is 10.8 Å². The van der Waals surface area contributed by atoms with Crippen LogP contribution in [0.15, 0.2) is 43.0 Å². The molecule has 0 amide bonds. The summed E-state index contributed by atoms with van der Waals surface area (Å²) in [5.74, 6) is 2.68. The molecule has 3 rings (SSSR count). The minimum Gasteiger partial charge on any atom is -0.497 e. The normalized spacial score (nSPS) is 14.3. The number of hydrogen-bond donors (Lipinski definition) is 0. The molecule has 0 saturated heterocycles. The number of aromatic nitrogens is 2. The van der Waals surface area contributed by atoms with Crippen LogP contribution in [0.3, 0.4) is 0 Å². The summed E-state index contributed by atoms with van der Waals surface area (Å²) in [7, 11) is 1.09. The third kappa shape index (κ3) is 12.4. The van der Waals surface area contributed by atoms with Crippen molar-refractivity contribution in [1.29, 1.82) is 0 Å². The molecule has 4 nitrogen and oxygen atoms in total. The van der Waals surface area contributed by atoms with Crippen molar-refractivity contribution in [2.45, 2.75) is 59.8 Å². The maximum atomic E-state index is 9.92. The van der Waals surface area contributed by atoms with Gasteiger partial charge >= 0.3 is 0 Å². The first-order chi connectivity index (χ1) is 13.1. The van der Waals surface area contributed by atoms with Crippen molar-refractivity contribution < 1.29 is 8.95 Å². The lowest BCUT2D eigenvalue weighted by molar-refractivity contribution is 0.385. The van der Waals surface area contributed by atoms with E-state index in [0.717, 1.165) is 23.1 Å². The second-order valence-corrected chi connectivity index (χ2v) is 8.00. The number of imidazole rings is 1. The van der Waals surface area contributed by atoms with Gasteiger partial charge in [-0.1, -0.05) is 59.8 Å². The van der Waals surface area contributed by atoms with E-state index in [1.165, 1.54) is 32.1 Å². The molecule has 1 aromatic heterocycles. The molecule has 1 heterocycles. The molecule has 0 bridgehead atoms. The fourth-order valence-corrected chi connectivity index (χ4v) is 2.47. The Morgan fingerprint density at radius 3 is 2.04 bits per heavy atom. The van der Waals surface area contributed by atoms with Crippen LogP contribution < -0.4 is 4.74 Å². The number of rotatable bonds is 3. The molecule has 0 aliphatic heterocycles. The van der Waals surface area contributed by atoms with E-state index in [1.807, 2.05) is 55.8 Å². The quantitative estimate of drug-likeness (QED) is 0.653. The zero-order valence-electron chi connectivity index (χ0n) is 18.0. The summed E-state index contributed by atoms with van der Waals surface area (Å²) < 4.78 is 16.9. The number of ether oxygens (including phenoxy) is 1. The predicted molar refractivity (Wildman–Crippen MR) is 118 cm³/mol. The lowest BCUT2D eigenvalue weighted by Gasteiger charge is -2.15. The first-order valence-corrected chi connectivity index (χ1v) is 11.7. The van der Waals surface area contributed by atoms with E-state index in [4.69, 9.17) is 4.74 Å². The molecule has 27 heavy (non-hydrogen) atoms. The molecule has 2 aromatic rings. The van der Waals surface area contributed by atoms with Crippen molar-refractivity contribution in [2.24, 2.45) is 5.92 Å².